The number of hydrogen-bond acceptors (Lipinski definition) is 9. The van der Waals surface area contributed by atoms with Gasteiger partial charge in [0.25, 0.3) is 10.1 Å². The number of aryl methyl sites for hydroxylation is 2. The van der Waals surface area contributed by atoms with Crippen LogP contribution in [-0.4, -0.2) is 85.7 Å². The molecule has 4 saturated heterocycles. The molecule has 4 unspecified atom stereocenters. The lowest BCUT2D eigenvalue weighted by molar-refractivity contribution is -0.152. The Bertz CT molecular complexity index is 2640. The monoisotopic (exact) mass is 960 g/mol. The van der Waals surface area contributed by atoms with E-state index in [9.17, 15) is 18.0 Å². The third kappa shape index (κ3) is 11.3. The van der Waals surface area contributed by atoms with E-state index in [4.69, 9.17) is 23.1 Å². The standard InChI is InChI=1S/C24H27NO3.C21H23NO2.C10H12O4S.H2S/c1-24(2)25(22-20-11-7-6-10-17(20)14-21(22)28-24)23(26)18(13-19-15-27-19)12-16-8-4-3-5-9-16;1-21(2)22(19(23)13-12-15-8-4-3-5-9-15)20-17-11-7-6-10-16(17)14-18(20)24-21;1-8-2-4-10(5-3-8)15(11,12)14-7-9-6-13-9;/h3-11,18-19,21-22H,12-15H2,1-2H3;3-11,18,20H,12-14H2,1-2H3;2-5,9H,6-7H2,1H3;1H2/t18?,19-,21+,22?;18-,20?;;/m01../s1. The number of ether oxygens (including phenoxy) is 4. The van der Waals surface area contributed by atoms with Crippen molar-refractivity contribution in [3.63, 3.8) is 0 Å². The minimum atomic E-state index is -3.61. The fourth-order valence-electron chi connectivity index (χ4n) is 10.3. The highest BCUT2D eigenvalue weighted by atomic mass is 32.2. The molecule has 0 N–H and O–H groups in total. The predicted octanol–water partition coefficient (Wildman–Crippen LogP) is 8.99. The highest BCUT2D eigenvalue weighted by molar-refractivity contribution is 7.86. The molecular weight excluding hydrogens is 897 g/mol. The van der Waals surface area contributed by atoms with Crippen molar-refractivity contribution in [2.24, 2.45) is 5.92 Å². The van der Waals surface area contributed by atoms with E-state index in [2.05, 4.69) is 72.8 Å². The molecule has 4 heterocycles. The van der Waals surface area contributed by atoms with E-state index >= 15 is 0 Å². The summed E-state index contributed by atoms with van der Waals surface area (Å²) in [7, 11) is -3.61. The zero-order chi connectivity index (χ0) is 46.9. The fourth-order valence-corrected chi connectivity index (χ4v) is 11.2. The number of carbonyl (C=O) groups is 2. The van der Waals surface area contributed by atoms with Gasteiger partial charge in [0.05, 0.1) is 55.1 Å². The van der Waals surface area contributed by atoms with E-state index in [1.807, 2.05) is 80.8 Å². The first-order valence-electron chi connectivity index (χ1n) is 23.6. The number of amides is 2. The minimum Gasteiger partial charge on any atom is -0.373 e. The summed E-state index contributed by atoms with van der Waals surface area (Å²) in [6.45, 7) is 11.4. The van der Waals surface area contributed by atoms with Crippen molar-refractivity contribution in [2.45, 2.75) is 126 Å². The zero-order valence-electron chi connectivity index (χ0n) is 39.6. The van der Waals surface area contributed by atoms with Gasteiger partial charge >= 0.3 is 0 Å². The summed E-state index contributed by atoms with van der Waals surface area (Å²) in [4.78, 5) is 31.1. The molecule has 360 valence electrons. The number of nitrogens with zero attached hydrogens (tertiary/aromatic N) is 2. The van der Waals surface area contributed by atoms with Crippen molar-refractivity contribution in [3.8, 4) is 0 Å². The molecule has 2 amide bonds. The van der Waals surface area contributed by atoms with Gasteiger partial charge in [0.1, 0.15) is 17.6 Å². The lowest BCUT2D eigenvalue weighted by Gasteiger charge is -2.36. The Hall–Kier alpha value is -4.86. The zero-order valence-corrected chi connectivity index (χ0v) is 41.4. The summed E-state index contributed by atoms with van der Waals surface area (Å²) < 4.78 is 51.0. The molecule has 11 nitrogen and oxygen atoms in total. The van der Waals surface area contributed by atoms with E-state index in [1.54, 1.807) is 24.3 Å². The Morgan fingerprint density at radius 1 is 0.662 bits per heavy atom. The molecule has 0 saturated carbocycles. The van der Waals surface area contributed by atoms with Gasteiger partial charge in [-0.1, -0.05) is 127 Å². The lowest BCUT2D eigenvalue weighted by Crippen LogP contribution is -2.48. The molecule has 5 aromatic carbocycles. The van der Waals surface area contributed by atoms with Crippen molar-refractivity contribution >= 4 is 35.4 Å². The molecule has 5 aromatic rings. The Morgan fingerprint density at radius 3 is 1.69 bits per heavy atom. The van der Waals surface area contributed by atoms with Gasteiger partial charge < -0.3 is 28.7 Å². The first-order chi connectivity index (χ1) is 32.2. The Morgan fingerprint density at radius 2 is 1.15 bits per heavy atom. The highest BCUT2D eigenvalue weighted by Crippen LogP contribution is 2.50. The summed E-state index contributed by atoms with van der Waals surface area (Å²) in [6.07, 6.45) is 4.87. The quantitative estimate of drug-likeness (QED) is 0.0890. The third-order valence-electron chi connectivity index (χ3n) is 13.6. The average molecular weight is 961 g/mol. The van der Waals surface area contributed by atoms with Crippen LogP contribution in [0.25, 0.3) is 0 Å². The molecule has 0 bridgehead atoms. The molecule has 68 heavy (non-hydrogen) atoms. The van der Waals surface area contributed by atoms with Crippen molar-refractivity contribution in [1.29, 1.82) is 0 Å². The third-order valence-corrected chi connectivity index (χ3v) is 14.9. The maximum atomic E-state index is 13.9. The van der Waals surface area contributed by atoms with Crippen LogP contribution < -0.4 is 0 Å². The van der Waals surface area contributed by atoms with Crippen LogP contribution >= 0.6 is 13.5 Å². The van der Waals surface area contributed by atoms with Crippen LogP contribution in [0.2, 0.25) is 0 Å². The van der Waals surface area contributed by atoms with E-state index in [-0.39, 0.29) is 79.2 Å². The number of hydrogen-bond donors (Lipinski definition) is 0. The van der Waals surface area contributed by atoms with Crippen LogP contribution in [0.3, 0.4) is 0 Å². The predicted molar refractivity (Wildman–Crippen MR) is 265 cm³/mol. The van der Waals surface area contributed by atoms with E-state index in [1.165, 1.54) is 33.4 Å². The van der Waals surface area contributed by atoms with Crippen LogP contribution in [0, 0.1) is 12.8 Å². The minimum absolute atomic E-state index is 0. The Kier molecular flexibility index (Phi) is 15.0. The van der Waals surface area contributed by atoms with E-state index < -0.39 is 21.6 Å². The molecule has 0 radical (unpaired) electrons. The topological polar surface area (TPSA) is 128 Å². The van der Waals surface area contributed by atoms with E-state index in [0.717, 1.165) is 44.3 Å². The summed E-state index contributed by atoms with van der Waals surface area (Å²) in [5.41, 5.74) is 7.37. The van der Waals surface area contributed by atoms with Gasteiger partial charge in [0.15, 0.2) is 0 Å². The Labute approximate surface area is 408 Å². The van der Waals surface area contributed by atoms with Crippen LogP contribution in [0.4, 0.5) is 0 Å². The molecule has 4 fully saturated rings. The van der Waals surface area contributed by atoms with Crippen molar-refractivity contribution < 1.29 is 41.1 Å². The fraction of sp³-hybridized carbons (Fsp3) is 0.418. The molecular formula is C55H64N2O9S2. The summed E-state index contributed by atoms with van der Waals surface area (Å²) in [6, 6.07) is 44.0. The van der Waals surface area contributed by atoms with Crippen LogP contribution in [0.15, 0.2) is 138 Å². The van der Waals surface area contributed by atoms with Gasteiger partial charge in [0.2, 0.25) is 11.8 Å². The first kappa shape index (κ1) is 49.6. The number of benzene rings is 5. The average Bonchev–Trinajstić information content (AvgIpc) is 4.22. The molecule has 0 spiro atoms. The second-order valence-corrected chi connectivity index (χ2v) is 21.1. The summed E-state index contributed by atoms with van der Waals surface area (Å²) in [5.74, 6) is 0.269. The molecule has 7 atom stereocenters. The van der Waals surface area contributed by atoms with Gasteiger partial charge in [-0.15, -0.1) is 0 Å². The number of fused-ring (bicyclic) bond motifs is 6. The molecule has 0 aromatic heterocycles. The Balaban J connectivity index is 0.000000143. The maximum absolute atomic E-state index is 13.9. The largest absolute Gasteiger partial charge is 0.373 e. The molecule has 11 rings (SSSR count). The van der Waals surface area contributed by atoms with Crippen LogP contribution in [0.5, 0.6) is 0 Å². The summed E-state index contributed by atoms with van der Waals surface area (Å²) in [5, 5.41) is 0. The molecule has 2 aliphatic carbocycles. The highest BCUT2D eigenvalue weighted by Gasteiger charge is 2.55. The van der Waals surface area contributed by atoms with Crippen molar-refractivity contribution in [3.05, 3.63) is 172 Å². The number of carbonyl (C=O) groups excluding carboxylic acids is 2. The van der Waals surface area contributed by atoms with Crippen LogP contribution in [-0.2, 0) is 68.5 Å². The molecule has 4 aliphatic heterocycles. The molecule has 13 heteroatoms. The van der Waals surface area contributed by atoms with E-state index in [0.29, 0.717) is 13.0 Å². The second kappa shape index (κ2) is 20.6. The maximum Gasteiger partial charge on any atom is 0.297 e. The van der Waals surface area contributed by atoms with Gasteiger partial charge in [-0.25, -0.2) is 0 Å². The first-order valence-corrected chi connectivity index (χ1v) is 25.0. The normalized spacial score (nSPS) is 24.4. The number of rotatable bonds is 12. The smallest absolute Gasteiger partial charge is 0.297 e. The van der Waals surface area contributed by atoms with Gasteiger partial charge in [-0.05, 0) is 99.4 Å². The molecule has 6 aliphatic rings. The van der Waals surface area contributed by atoms with Crippen molar-refractivity contribution in [2.75, 3.05) is 19.8 Å². The summed E-state index contributed by atoms with van der Waals surface area (Å²) >= 11 is 0. The second-order valence-electron chi connectivity index (χ2n) is 19.4. The van der Waals surface area contributed by atoms with Gasteiger partial charge in [-0.2, -0.15) is 21.9 Å². The van der Waals surface area contributed by atoms with Crippen molar-refractivity contribution in [1.82, 2.24) is 9.80 Å². The SMILES string of the molecule is CC1(C)O[C@@H]2Cc3ccccc3C2N1C(=O)C(Cc1ccccc1)C[C@H]1CO1.CC1(C)O[C@@H]2Cc3ccccc3C2N1C(=O)CCc1ccccc1.Cc1ccc(S(=O)(=O)OCC2CO2)cc1.S. The van der Waals surface area contributed by atoms with Crippen LogP contribution in [0.1, 0.15) is 91.6 Å². The lowest BCUT2D eigenvalue weighted by atomic mass is 9.91. The number of epoxide rings is 2. The van der Waals surface area contributed by atoms with Gasteiger partial charge in [0, 0.05) is 25.2 Å². The van der Waals surface area contributed by atoms with Gasteiger partial charge in [-0.3, -0.25) is 13.8 Å².